The Kier molecular flexibility index (Phi) is 10.8. The van der Waals surface area contributed by atoms with Gasteiger partial charge in [-0.2, -0.15) is 0 Å². The Labute approximate surface area is 96.4 Å². The highest BCUT2D eigenvalue weighted by Crippen LogP contribution is 1.89. The van der Waals surface area contributed by atoms with Gasteiger partial charge in [-0.25, -0.2) is 9.59 Å². The van der Waals surface area contributed by atoms with E-state index in [2.05, 4.69) is 25.7 Å². The molecule has 0 atom stereocenters. The van der Waals surface area contributed by atoms with Crippen molar-refractivity contribution in [2.75, 3.05) is 19.6 Å². The Morgan fingerprint density at radius 1 is 1.06 bits per heavy atom. The molecule has 0 aliphatic rings. The lowest BCUT2D eigenvalue weighted by Gasteiger charge is -2.13. The number of rotatable bonds is 5. The average molecular weight is 231 g/mol. The first-order chi connectivity index (χ1) is 7.38. The number of aliphatic carboxylic acids is 2. The summed E-state index contributed by atoms with van der Waals surface area (Å²) in [6.45, 7) is 11.3. The summed E-state index contributed by atoms with van der Waals surface area (Å²) < 4.78 is 0. The molecule has 0 aliphatic carbocycles. The predicted octanol–water partition coefficient (Wildman–Crippen LogP) is 1.45. The van der Waals surface area contributed by atoms with Crippen LogP contribution in [-0.2, 0) is 9.59 Å². The van der Waals surface area contributed by atoms with Gasteiger partial charge in [0, 0.05) is 11.6 Å². The van der Waals surface area contributed by atoms with Crippen molar-refractivity contribution in [1.82, 2.24) is 4.90 Å². The number of hydrogen-bond donors (Lipinski definition) is 2. The molecule has 0 aromatic carbocycles. The van der Waals surface area contributed by atoms with E-state index in [0.717, 1.165) is 0 Å². The van der Waals surface area contributed by atoms with E-state index in [1.807, 2.05) is 0 Å². The van der Waals surface area contributed by atoms with E-state index in [1.54, 1.807) is 0 Å². The van der Waals surface area contributed by atoms with Gasteiger partial charge < -0.3 is 15.1 Å². The Hall–Kier alpha value is -1.36. The fraction of sp³-hybridized carbons (Fsp3) is 0.636. The van der Waals surface area contributed by atoms with Crippen molar-refractivity contribution in [1.29, 1.82) is 0 Å². The van der Waals surface area contributed by atoms with Crippen molar-refractivity contribution in [2.24, 2.45) is 0 Å². The second-order valence-electron chi connectivity index (χ2n) is 3.09. The summed E-state index contributed by atoms with van der Waals surface area (Å²) in [5.41, 5.74) is -0.178. The Morgan fingerprint density at radius 2 is 1.44 bits per heavy atom. The fourth-order valence-corrected chi connectivity index (χ4v) is 0.918. The van der Waals surface area contributed by atoms with Gasteiger partial charge in [0.25, 0.3) is 0 Å². The van der Waals surface area contributed by atoms with Gasteiger partial charge in [-0.05, 0) is 26.6 Å². The summed E-state index contributed by atoms with van der Waals surface area (Å²) >= 11 is 0. The van der Waals surface area contributed by atoms with Crippen LogP contribution in [0.4, 0.5) is 0 Å². The third-order valence-electron chi connectivity index (χ3n) is 2.02. The molecular formula is C11H21NO4. The van der Waals surface area contributed by atoms with E-state index < -0.39 is 11.9 Å². The standard InChI is InChI=1S/C6H15N.C5H6O4/c1-4-7(5-2)6-3;1-3(5(8)9)2-4(6)7/h4-6H2,1-3H3;2H,1H3,(H,6,7)(H,8,9)/b;3-2-. The van der Waals surface area contributed by atoms with Crippen LogP contribution in [0.2, 0.25) is 0 Å². The van der Waals surface area contributed by atoms with Crippen molar-refractivity contribution in [2.45, 2.75) is 27.7 Å². The maximum atomic E-state index is 9.90. The smallest absolute Gasteiger partial charge is 0.331 e. The van der Waals surface area contributed by atoms with Crippen molar-refractivity contribution < 1.29 is 19.8 Å². The third kappa shape index (κ3) is 10.7. The minimum atomic E-state index is -1.24. The lowest BCUT2D eigenvalue weighted by atomic mass is 10.3. The van der Waals surface area contributed by atoms with E-state index in [1.165, 1.54) is 26.6 Å². The molecule has 0 bridgehead atoms. The van der Waals surface area contributed by atoms with Gasteiger partial charge in [0.2, 0.25) is 0 Å². The van der Waals surface area contributed by atoms with Crippen LogP contribution in [-0.4, -0.2) is 46.7 Å². The molecule has 0 fully saturated rings. The first kappa shape index (κ1) is 17.0. The molecule has 94 valence electrons. The molecule has 0 spiro atoms. The summed E-state index contributed by atoms with van der Waals surface area (Å²) in [5.74, 6) is -2.45. The molecule has 16 heavy (non-hydrogen) atoms. The molecule has 2 N–H and O–H groups in total. The molecule has 0 amide bonds. The Morgan fingerprint density at radius 3 is 1.50 bits per heavy atom. The third-order valence-corrected chi connectivity index (χ3v) is 2.02. The zero-order valence-electron chi connectivity index (χ0n) is 10.4. The summed E-state index contributed by atoms with van der Waals surface area (Å²) in [7, 11) is 0. The summed E-state index contributed by atoms with van der Waals surface area (Å²) in [6, 6.07) is 0. The highest BCUT2D eigenvalue weighted by Gasteiger charge is 2.00. The molecule has 0 saturated carbocycles. The molecule has 0 aromatic rings. The monoisotopic (exact) mass is 231 g/mol. The number of hydrogen-bond acceptors (Lipinski definition) is 3. The van der Waals surface area contributed by atoms with Crippen molar-refractivity contribution in [3.05, 3.63) is 11.6 Å². The summed E-state index contributed by atoms with van der Waals surface area (Å²) in [5, 5.41) is 16.1. The lowest BCUT2D eigenvalue weighted by molar-refractivity contribution is -0.135. The van der Waals surface area contributed by atoms with Gasteiger partial charge in [-0.3, -0.25) is 0 Å². The average Bonchev–Trinajstić information content (AvgIpc) is 2.20. The first-order valence-electron chi connectivity index (χ1n) is 5.25. The quantitative estimate of drug-likeness (QED) is 0.700. The number of carbonyl (C=O) groups is 2. The largest absolute Gasteiger partial charge is 0.478 e. The number of nitrogens with zero attached hydrogens (tertiary/aromatic N) is 1. The van der Waals surface area contributed by atoms with Crippen LogP contribution in [0.1, 0.15) is 27.7 Å². The van der Waals surface area contributed by atoms with E-state index >= 15 is 0 Å². The molecule has 5 nitrogen and oxygen atoms in total. The van der Waals surface area contributed by atoms with Crippen molar-refractivity contribution >= 4 is 11.9 Å². The Bertz CT molecular complexity index is 239. The number of carboxylic acids is 2. The minimum Gasteiger partial charge on any atom is -0.478 e. The van der Waals surface area contributed by atoms with E-state index in [0.29, 0.717) is 6.08 Å². The molecule has 0 saturated heterocycles. The first-order valence-corrected chi connectivity index (χ1v) is 5.25. The normalized spacial score (nSPS) is 10.7. The second-order valence-corrected chi connectivity index (χ2v) is 3.09. The number of carboxylic acid groups (broad SMARTS) is 2. The predicted molar refractivity (Wildman–Crippen MR) is 62.5 cm³/mol. The van der Waals surface area contributed by atoms with Crippen molar-refractivity contribution in [3.63, 3.8) is 0 Å². The molecule has 0 heterocycles. The topological polar surface area (TPSA) is 77.8 Å². The van der Waals surface area contributed by atoms with E-state index in [9.17, 15) is 9.59 Å². The van der Waals surface area contributed by atoms with Gasteiger partial charge >= 0.3 is 11.9 Å². The van der Waals surface area contributed by atoms with Crippen molar-refractivity contribution in [3.8, 4) is 0 Å². The van der Waals surface area contributed by atoms with Crippen LogP contribution in [0.15, 0.2) is 11.6 Å². The van der Waals surface area contributed by atoms with Crippen LogP contribution in [0.3, 0.4) is 0 Å². The highest BCUT2D eigenvalue weighted by molar-refractivity contribution is 5.93. The van der Waals surface area contributed by atoms with E-state index in [4.69, 9.17) is 10.2 Å². The Balaban J connectivity index is 0. The molecule has 0 aliphatic heterocycles. The fourth-order valence-electron chi connectivity index (χ4n) is 0.918. The van der Waals surface area contributed by atoms with Crippen LogP contribution >= 0.6 is 0 Å². The SMILES string of the molecule is C/C(=C/C(=O)O)C(=O)O.CCN(CC)CC. The highest BCUT2D eigenvalue weighted by atomic mass is 16.4. The molecule has 0 rings (SSSR count). The van der Waals surface area contributed by atoms with Crippen LogP contribution in [0.25, 0.3) is 0 Å². The van der Waals surface area contributed by atoms with Crippen LogP contribution in [0, 0.1) is 0 Å². The summed E-state index contributed by atoms with van der Waals surface area (Å²) in [6.07, 6.45) is 0.641. The van der Waals surface area contributed by atoms with Gasteiger partial charge in [-0.1, -0.05) is 20.8 Å². The van der Waals surface area contributed by atoms with Gasteiger partial charge in [0.05, 0.1) is 0 Å². The molecule has 5 heteroatoms. The van der Waals surface area contributed by atoms with Gasteiger partial charge in [-0.15, -0.1) is 0 Å². The molecule has 0 unspecified atom stereocenters. The lowest BCUT2D eigenvalue weighted by Crippen LogP contribution is -2.21. The maximum Gasteiger partial charge on any atom is 0.331 e. The molecule has 0 radical (unpaired) electrons. The van der Waals surface area contributed by atoms with E-state index in [-0.39, 0.29) is 5.57 Å². The van der Waals surface area contributed by atoms with Gasteiger partial charge in [0.1, 0.15) is 0 Å². The molecule has 0 aromatic heterocycles. The zero-order chi connectivity index (χ0) is 13.1. The molecular weight excluding hydrogens is 210 g/mol. The van der Waals surface area contributed by atoms with Gasteiger partial charge in [0.15, 0.2) is 0 Å². The maximum absolute atomic E-state index is 9.90. The van der Waals surface area contributed by atoms with Crippen LogP contribution < -0.4 is 0 Å². The minimum absolute atomic E-state index is 0.178. The summed E-state index contributed by atoms with van der Waals surface area (Å²) in [4.78, 5) is 22.1. The second kappa shape index (κ2) is 10.2. The zero-order valence-corrected chi connectivity index (χ0v) is 10.4. The van der Waals surface area contributed by atoms with Crippen LogP contribution in [0.5, 0.6) is 0 Å².